The number of methoxy groups -OCH3 is 1. The Kier molecular flexibility index (Phi) is 5.33. The Morgan fingerprint density at radius 1 is 1.44 bits per heavy atom. The number of nitrogens with zero attached hydrogens (tertiary/aromatic N) is 4. The molecule has 0 spiro atoms. The van der Waals surface area contributed by atoms with E-state index in [1.54, 1.807) is 19.2 Å². The van der Waals surface area contributed by atoms with Crippen molar-refractivity contribution in [3.8, 4) is 0 Å². The summed E-state index contributed by atoms with van der Waals surface area (Å²) in [7, 11) is 1.69. The maximum atomic E-state index is 11.6. The van der Waals surface area contributed by atoms with Gasteiger partial charge in [-0.2, -0.15) is 0 Å². The molecule has 2 aromatic heterocycles. The van der Waals surface area contributed by atoms with E-state index in [-0.39, 0.29) is 11.5 Å². The molecule has 0 aromatic carbocycles. The number of anilines is 1. The smallest absolute Gasteiger partial charge is 0.339 e. The minimum Gasteiger partial charge on any atom is -0.478 e. The molecule has 0 bridgehead atoms. The van der Waals surface area contributed by atoms with Gasteiger partial charge in [-0.05, 0) is 31.9 Å². The van der Waals surface area contributed by atoms with Gasteiger partial charge in [0.2, 0.25) is 0 Å². The minimum absolute atomic E-state index is 0.254. The Morgan fingerprint density at radius 2 is 2.28 bits per heavy atom. The van der Waals surface area contributed by atoms with E-state index in [2.05, 4.69) is 19.4 Å². The van der Waals surface area contributed by atoms with Crippen molar-refractivity contribution in [1.29, 1.82) is 0 Å². The highest BCUT2D eigenvalue weighted by molar-refractivity contribution is 5.93. The van der Waals surface area contributed by atoms with Gasteiger partial charge in [0, 0.05) is 50.7 Å². The first-order chi connectivity index (χ1) is 12.1. The minimum atomic E-state index is -0.939. The largest absolute Gasteiger partial charge is 0.478 e. The highest BCUT2D eigenvalue weighted by Crippen LogP contribution is 2.30. The molecule has 1 fully saturated rings. The predicted octanol–water partition coefficient (Wildman–Crippen LogP) is 2.32. The predicted molar refractivity (Wildman–Crippen MR) is 94.2 cm³/mol. The molecule has 3 rings (SSSR count). The number of hydrogen-bond donors (Lipinski definition) is 1. The lowest BCUT2D eigenvalue weighted by molar-refractivity contribution is 0.0697. The highest BCUT2D eigenvalue weighted by atomic mass is 16.5. The van der Waals surface area contributed by atoms with Gasteiger partial charge in [-0.25, -0.2) is 14.8 Å². The molecule has 0 saturated carbocycles. The maximum absolute atomic E-state index is 11.6. The molecule has 1 aliphatic heterocycles. The van der Waals surface area contributed by atoms with Crippen LogP contribution in [0, 0.1) is 6.92 Å². The van der Waals surface area contributed by atoms with Crippen LogP contribution in [-0.2, 0) is 11.3 Å². The van der Waals surface area contributed by atoms with Gasteiger partial charge in [-0.15, -0.1) is 0 Å². The van der Waals surface area contributed by atoms with E-state index in [4.69, 9.17) is 4.74 Å². The van der Waals surface area contributed by atoms with Crippen LogP contribution in [0.15, 0.2) is 24.5 Å². The van der Waals surface area contributed by atoms with Gasteiger partial charge in [0.25, 0.3) is 0 Å². The molecule has 1 aliphatic rings. The maximum Gasteiger partial charge on any atom is 0.339 e. The van der Waals surface area contributed by atoms with Crippen LogP contribution < -0.4 is 4.90 Å². The summed E-state index contributed by atoms with van der Waals surface area (Å²) < 4.78 is 7.29. The van der Waals surface area contributed by atoms with Crippen LogP contribution in [0.4, 0.5) is 5.82 Å². The third-order valence-electron chi connectivity index (χ3n) is 4.61. The second-order valence-electron chi connectivity index (χ2n) is 6.39. The number of pyridine rings is 1. The van der Waals surface area contributed by atoms with E-state index in [1.165, 1.54) is 0 Å². The van der Waals surface area contributed by atoms with Crippen molar-refractivity contribution < 1.29 is 14.6 Å². The molecule has 1 N–H and O–H groups in total. The van der Waals surface area contributed by atoms with Crippen LogP contribution in [0.3, 0.4) is 0 Å². The molecule has 0 unspecified atom stereocenters. The Balaban J connectivity index is 1.84. The topological polar surface area (TPSA) is 80.5 Å². The van der Waals surface area contributed by atoms with Crippen LogP contribution in [-0.4, -0.2) is 52.4 Å². The first-order valence-corrected chi connectivity index (χ1v) is 8.56. The van der Waals surface area contributed by atoms with E-state index in [9.17, 15) is 9.90 Å². The molecule has 1 atom stereocenters. The summed E-state index contributed by atoms with van der Waals surface area (Å²) in [6, 6.07) is 3.38. The van der Waals surface area contributed by atoms with Gasteiger partial charge in [0.05, 0.1) is 6.61 Å². The molecule has 0 radical (unpaired) electrons. The molecule has 0 aliphatic carbocycles. The summed E-state index contributed by atoms with van der Waals surface area (Å²) in [5.74, 6) is 0.911. The summed E-state index contributed by atoms with van der Waals surface area (Å²) in [6.45, 7) is 4.83. The monoisotopic (exact) mass is 344 g/mol. The number of aromatic carboxylic acids is 1. The van der Waals surface area contributed by atoms with E-state index in [0.29, 0.717) is 12.4 Å². The fourth-order valence-electron chi connectivity index (χ4n) is 3.39. The number of piperidine rings is 1. The SMILES string of the molecule is COCCn1ccnc1[C@H]1CCCN(c2nc(C)ccc2C(=O)O)C1. The zero-order valence-corrected chi connectivity index (χ0v) is 14.7. The van der Waals surface area contributed by atoms with Gasteiger partial charge in [0.1, 0.15) is 17.2 Å². The summed E-state index contributed by atoms with van der Waals surface area (Å²) in [6.07, 6.45) is 5.81. The summed E-state index contributed by atoms with van der Waals surface area (Å²) >= 11 is 0. The third kappa shape index (κ3) is 3.82. The number of hydrogen-bond acceptors (Lipinski definition) is 5. The lowest BCUT2D eigenvalue weighted by atomic mass is 9.96. The van der Waals surface area contributed by atoms with Crippen LogP contribution in [0.25, 0.3) is 0 Å². The molecule has 3 heterocycles. The summed E-state index contributed by atoms with van der Waals surface area (Å²) in [4.78, 5) is 22.7. The number of rotatable bonds is 6. The van der Waals surface area contributed by atoms with Crippen molar-refractivity contribution in [2.75, 3.05) is 31.7 Å². The highest BCUT2D eigenvalue weighted by Gasteiger charge is 2.28. The van der Waals surface area contributed by atoms with E-state index >= 15 is 0 Å². The summed E-state index contributed by atoms with van der Waals surface area (Å²) in [5, 5.41) is 9.48. The van der Waals surface area contributed by atoms with Crippen molar-refractivity contribution in [2.24, 2.45) is 0 Å². The van der Waals surface area contributed by atoms with Crippen LogP contribution in [0.5, 0.6) is 0 Å². The number of carboxylic acids is 1. The lowest BCUT2D eigenvalue weighted by Crippen LogP contribution is -2.37. The lowest BCUT2D eigenvalue weighted by Gasteiger charge is -2.34. The first kappa shape index (κ1) is 17.4. The molecule has 0 amide bonds. The van der Waals surface area contributed by atoms with Gasteiger partial charge >= 0.3 is 5.97 Å². The molecule has 2 aromatic rings. The van der Waals surface area contributed by atoms with Crippen LogP contribution in [0.2, 0.25) is 0 Å². The second-order valence-corrected chi connectivity index (χ2v) is 6.39. The fourth-order valence-corrected chi connectivity index (χ4v) is 3.39. The number of ether oxygens (including phenoxy) is 1. The molecular formula is C18H24N4O3. The average molecular weight is 344 g/mol. The van der Waals surface area contributed by atoms with Crippen LogP contribution in [0.1, 0.15) is 40.6 Å². The Morgan fingerprint density at radius 3 is 3.04 bits per heavy atom. The Hall–Kier alpha value is -2.41. The normalized spacial score (nSPS) is 17.7. The number of carboxylic acid groups (broad SMARTS) is 1. The zero-order valence-electron chi connectivity index (χ0n) is 14.7. The van der Waals surface area contributed by atoms with Crippen LogP contribution >= 0.6 is 0 Å². The second kappa shape index (κ2) is 7.65. The third-order valence-corrected chi connectivity index (χ3v) is 4.61. The van der Waals surface area contributed by atoms with Crippen molar-refractivity contribution in [3.63, 3.8) is 0 Å². The molecule has 134 valence electrons. The van der Waals surface area contributed by atoms with Gasteiger partial charge in [0.15, 0.2) is 0 Å². The Labute approximate surface area is 147 Å². The van der Waals surface area contributed by atoms with Crippen molar-refractivity contribution in [1.82, 2.24) is 14.5 Å². The molecular weight excluding hydrogens is 320 g/mol. The van der Waals surface area contributed by atoms with Crippen molar-refractivity contribution in [3.05, 3.63) is 41.6 Å². The molecule has 7 nitrogen and oxygen atoms in total. The quantitative estimate of drug-likeness (QED) is 0.866. The van der Waals surface area contributed by atoms with E-state index in [1.807, 2.05) is 19.3 Å². The van der Waals surface area contributed by atoms with Crippen molar-refractivity contribution in [2.45, 2.75) is 32.2 Å². The van der Waals surface area contributed by atoms with E-state index < -0.39 is 5.97 Å². The molecule has 25 heavy (non-hydrogen) atoms. The molecule has 1 saturated heterocycles. The van der Waals surface area contributed by atoms with Gasteiger partial charge in [-0.3, -0.25) is 0 Å². The first-order valence-electron chi connectivity index (χ1n) is 8.56. The van der Waals surface area contributed by atoms with Gasteiger partial charge in [-0.1, -0.05) is 0 Å². The average Bonchev–Trinajstić information content (AvgIpc) is 3.08. The number of aromatic nitrogens is 3. The number of carbonyl (C=O) groups is 1. The zero-order chi connectivity index (χ0) is 17.8. The number of imidazole rings is 1. The van der Waals surface area contributed by atoms with Crippen molar-refractivity contribution >= 4 is 11.8 Å². The standard InChI is InChI=1S/C18H24N4O3/c1-13-5-6-15(18(23)24)17(20-13)22-8-3-4-14(12-22)16-19-7-9-21(16)10-11-25-2/h5-7,9,14H,3-4,8,10-12H2,1-2H3,(H,23,24)/t14-/m0/s1. The summed E-state index contributed by atoms with van der Waals surface area (Å²) in [5.41, 5.74) is 1.08. The molecule has 7 heteroatoms. The van der Waals surface area contributed by atoms with Gasteiger partial charge < -0.3 is 19.3 Å². The van der Waals surface area contributed by atoms with E-state index in [0.717, 1.165) is 44.0 Å². The fraction of sp³-hybridized carbons (Fsp3) is 0.500. The number of aryl methyl sites for hydroxylation is 1. The Bertz CT molecular complexity index is 744.